The van der Waals surface area contributed by atoms with Gasteiger partial charge in [0.25, 0.3) is 11.8 Å². The van der Waals surface area contributed by atoms with Gasteiger partial charge in [-0.05, 0) is 73.2 Å². The van der Waals surface area contributed by atoms with Crippen LogP contribution in [0.15, 0.2) is 109 Å². The molecule has 17 heteroatoms. The number of nitrogens with zero attached hydrogens (tertiary/aromatic N) is 7. The van der Waals surface area contributed by atoms with Crippen molar-refractivity contribution in [3.05, 3.63) is 121 Å². The van der Waals surface area contributed by atoms with Gasteiger partial charge in [-0.3, -0.25) is 18.4 Å². The lowest BCUT2D eigenvalue weighted by molar-refractivity contribution is 0.0937. The number of amides is 2. The fraction of sp³-hybridized carbons (Fsp3) is 0.271. The zero-order valence-electron chi connectivity index (χ0n) is 36.5. The molecule has 0 bridgehead atoms. The minimum absolute atomic E-state index is 0.0438. The van der Waals surface area contributed by atoms with Crippen molar-refractivity contribution in [1.29, 1.82) is 5.26 Å². The highest BCUT2D eigenvalue weighted by Gasteiger charge is 2.44. The molecule has 65 heavy (non-hydrogen) atoms. The summed E-state index contributed by atoms with van der Waals surface area (Å²) in [6.07, 6.45) is 5.06. The minimum atomic E-state index is -3.62. The van der Waals surface area contributed by atoms with Crippen LogP contribution in [0, 0.1) is 23.2 Å². The standard InChI is InChI=1S/C25H24N6O.C23H26N6O3S/c1-16(2)13-27-22-23-28-14-21(31(23)20-6-4-3-5-19(20)29-22)17-7-9-18(10-8-17)24(32)30-25(15-26)11-12-25;1-15(2)13-26-21-22-27-14-20(29(22)19-6-4-3-5-18(19)28-21)16-7-9-17(10-8-16)23(30)25-11-12-33(24,31)32/h3-10,14,16H,11-13H2,1-2H3,(H,27,29)(H,30,32);3-10,14-15H,11-13H2,1-2H3,(H,25,30)(H,26,28)(H2,24,31,32). The van der Waals surface area contributed by atoms with E-state index in [2.05, 4.69) is 73.8 Å². The molecule has 0 radical (unpaired) electrons. The summed E-state index contributed by atoms with van der Waals surface area (Å²) in [7, 11) is -3.62. The van der Waals surface area contributed by atoms with Gasteiger partial charge >= 0.3 is 0 Å². The molecule has 4 aromatic carbocycles. The van der Waals surface area contributed by atoms with Crippen molar-refractivity contribution in [2.24, 2.45) is 17.0 Å². The van der Waals surface area contributed by atoms with Gasteiger partial charge in [-0.15, -0.1) is 0 Å². The van der Waals surface area contributed by atoms with Crippen molar-refractivity contribution in [2.45, 2.75) is 46.1 Å². The second-order valence-corrected chi connectivity index (χ2v) is 18.7. The number of fused-ring (bicyclic) bond motifs is 6. The molecule has 332 valence electrons. The molecule has 2 amide bonds. The number of sulfonamides is 1. The molecule has 0 unspecified atom stereocenters. The molecule has 1 aliphatic carbocycles. The Morgan fingerprint density at radius 1 is 0.708 bits per heavy atom. The number of carbonyl (C=O) groups excluding carboxylic acids is 2. The van der Waals surface area contributed by atoms with E-state index >= 15 is 0 Å². The lowest BCUT2D eigenvalue weighted by atomic mass is 10.1. The fourth-order valence-corrected chi connectivity index (χ4v) is 7.67. The predicted molar refractivity (Wildman–Crippen MR) is 254 cm³/mol. The summed E-state index contributed by atoms with van der Waals surface area (Å²) in [5, 5.41) is 26.4. The van der Waals surface area contributed by atoms with Crippen molar-refractivity contribution in [3.63, 3.8) is 0 Å². The van der Waals surface area contributed by atoms with E-state index in [-0.39, 0.29) is 24.1 Å². The topological polar surface area (TPSA) is 227 Å². The summed E-state index contributed by atoms with van der Waals surface area (Å²) in [6.45, 7) is 10.1. The summed E-state index contributed by atoms with van der Waals surface area (Å²) < 4.78 is 26.2. The molecule has 1 fully saturated rings. The van der Waals surface area contributed by atoms with E-state index in [1.165, 1.54) is 0 Å². The molecule has 0 aliphatic heterocycles. The lowest BCUT2D eigenvalue weighted by Crippen LogP contribution is -2.35. The Bertz CT molecular complexity index is 3210. The quantitative estimate of drug-likeness (QED) is 0.0744. The highest BCUT2D eigenvalue weighted by molar-refractivity contribution is 7.89. The molecule has 6 N–H and O–H groups in total. The molecule has 8 aromatic rings. The number of hydrogen-bond donors (Lipinski definition) is 5. The van der Waals surface area contributed by atoms with Gasteiger partial charge in [0, 0.05) is 41.9 Å². The molecule has 4 heterocycles. The highest BCUT2D eigenvalue weighted by Crippen LogP contribution is 2.35. The van der Waals surface area contributed by atoms with Gasteiger partial charge in [-0.1, -0.05) is 76.2 Å². The third-order valence-electron chi connectivity index (χ3n) is 10.9. The number of aromatic nitrogens is 6. The second-order valence-electron chi connectivity index (χ2n) is 17.0. The zero-order valence-corrected chi connectivity index (χ0v) is 37.4. The predicted octanol–water partition coefficient (Wildman–Crippen LogP) is 7.04. The Balaban J connectivity index is 0.000000177. The smallest absolute Gasteiger partial charge is 0.252 e. The number of nitriles is 1. The van der Waals surface area contributed by atoms with Crippen LogP contribution in [0.1, 0.15) is 61.3 Å². The summed E-state index contributed by atoms with van der Waals surface area (Å²) in [6, 6.07) is 32.6. The first-order valence-electron chi connectivity index (χ1n) is 21.5. The average Bonchev–Trinajstić information content (AvgIpc) is 3.68. The summed E-state index contributed by atoms with van der Waals surface area (Å²) in [4.78, 5) is 43.7. The fourth-order valence-electron chi connectivity index (χ4n) is 7.28. The minimum Gasteiger partial charge on any atom is -0.367 e. The number of nitrogens with two attached hydrogens (primary N) is 1. The molecule has 4 aromatic heterocycles. The van der Waals surface area contributed by atoms with Crippen molar-refractivity contribution in [1.82, 2.24) is 39.4 Å². The van der Waals surface area contributed by atoms with Crippen molar-refractivity contribution < 1.29 is 18.0 Å². The van der Waals surface area contributed by atoms with Gasteiger partial charge in [0.15, 0.2) is 22.9 Å². The van der Waals surface area contributed by atoms with Crippen LogP contribution >= 0.6 is 0 Å². The molecule has 16 nitrogen and oxygen atoms in total. The van der Waals surface area contributed by atoms with Crippen LogP contribution in [0.5, 0.6) is 0 Å². The van der Waals surface area contributed by atoms with E-state index in [4.69, 9.17) is 15.1 Å². The average molecular weight is 891 g/mol. The number of imidazole rings is 2. The molecule has 9 rings (SSSR count). The van der Waals surface area contributed by atoms with Crippen LogP contribution in [-0.2, 0) is 10.0 Å². The van der Waals surface area contributed by atoms with Gasteiger partial charge in [-0.2, -0.15) is 5.26 Å². The SMILES string of the molecule is CC(C)CNc1nc2ccccc2n2c(-c3ccc(C(=O)NC4(C#N)CC4)cc3)cnc12.CC(C)CNc1nc2ccccc2n2c(-c3ccc(C(=O)NCCS(N)(=O)=O)cc3)cnc12. The Hall–Kier alpha value is -7.42. The molecule has 1 aliphatic rings. The van der Waals surface area contributed by atoms with Gasteiger partial charge < -0.3 is 21.3 Å². The van der Waals surface area contributed by atoms with Crippen LogP contribution in [0.2, 0.25) is 0 Å². The van der Waals surface area contributed by atoms with Crippen LogP contribution in [-0.4, -0.2) is 79.9 Å². The van der Waals surface area contributed by atoms with Gasteiger partial charge in [0.05, 0.1) is 57.7 Å². The molecule has 0 saturated heterocycles. The first kappa shape index (κ1) is 44.2. The number of benzene rings is 4. The van der Waals surface area contributed by atoms with Crippen molar-refractivity contribution in [3.8, 4) is 28.6 Å². The Morgan fingerprint density at radius 2 is 1.15 bits per heavy atom. The Kier molecular flexibility index (Phi) is 12.5. The number of anilines is 2. The normalized spacial score (nSPS) is 13.1. The first-order chi connectivity index (χ1) is 31.2. The number of primary sulfonamides is 1. The van der Waals surface area contributed by atoms with Crippen LogP contribution in [0.4, 0.5) is 11.6 Å². The number of para-hydroxylation sites is 4. The number of rotatable bonds is 14. The third-order valence-corrected chi connectivity index (χ3v) is 11.7. The maximum absolute atomic E-state index is 12.5. The maximum atomic E-state index is 12.5. The van der Waals surface area contributed by atoms with E-state index in [1.54, 1.807) is 30.5 Å². The van der Waals surface area contributed by atoms with E-state index in [9.17, 15) is 23.3 Å². The first-order valence-corrected chi connectivity index (χ1v) is 23.2. The number of carbonyl (C=O) groups is 2. The van der Waals surface area contributed by atoms with E-state index < -0.39 is 15.6 Å². The summed E-state index contributed by atoms with van der Waals surface area (Å²) in [5.74, 6) is 1.52. The van der Waals surface area contributed by atoms with Crippen molar-refractivity contribution >= 4 is 66.8 Å². The lowest BCUT2D eigenvalue weighted by Gasteiger charge is -2.13. The van der Waals surface area contributed by atoms with Crippen LogP contribution in [0.3, 0.4) is 0 Å². The number of nitrogens with one attached hydrogen (secondary N) is 4. The maximum Gasteiger partial charge on any atom is 0.252 e. The van der Waals surface area contributed by atoms with Gasteiger partial charge in [0.1, 0.15) is 5.54 Å². The molecule has 1 saturated carbocycles. The van der Waals surface area contributed by atoms with Gasteiger partial charge in [0.2, 0.25) is 10.0 Å². The molecule has 0 atom stereocenters. The van der Waals surface area contributed by atoms with Crippen molar-refractivity contribution in [2.75, 3.05) is 36.0 Å². The van der Waals surface area contributed by atoms with Gasteiger partial charge in [-0.25, -0.2) is 33.5 Å². The van der Waals surface area contributed by atoms with Crippen LogP contribution in [0.25, 0.3) is 55.9 Å². The van der Waals surface area contributed by atoms with Crippen LogP contribution < -0.4 is 26.4 Å². The zero-order chi connectivity index (χ0) is 45.9. The van der Waals surface area contributed by atoms with E-state index in [1.807, 2.05) is 79.0 Å². The molecule has 0 spiro atoms. The monoisotopic (exact) mass is 890 g/mol. The Labute approximate surface area is 376 Å². The van der Waals surface area contributed by atoms with E-state index in [0.717, 1.165) is 80.6 Å². The summed E-state index contributed by atoms with van der Waals surface area (Å²) in [5.41, 5.74) is 9.04. The highest BCUT2D eigenvalue weighted by atomic mass is 32.2. The largest absolute Gasteiger partial charge is 0.367 e. The summed E-state index contributed by atoms with van der Waals surface area (Å²) >= 11 is 0. The molecular formula is C48H50N12O4S. The molecular weight excluding hydrogens is 841 g/mol. The third kappa shape index (κ3) is 9.89. The number of hydrogen-bond acceptors (Lipinski definition) is 11. The van der Waals surface area contributed by atoms with E-state index in [0.29, 0.717) is 35.8 Å². The second kappa shape index (κ2) is 18.4. The Morgan fingerprint density at radius 3 is 1.57 bits per heavy atom.